The number of hydrogen-bond donors (Lipinski definition) is 1. The van der Waals surface area contributed by atoms with Gasteiger partial charge in [0.15, 0.2) is 0 Å². The molecule has 1 N–H and O–H groups in total. The van der Waals surface area contributed by atoms with Gasteiger partial charge in [-0.05, 0) is 36.5 Å². The monoisotopic (exact) mass is 279 g/mol. The summed E-state index contributed by atoms with van der Waals surface area (Å²) in [5, 5.41) is 1.57. The quantitative estimate of drug-likeness (QED) is 0.870. The molecule has 1 aromatic heterocycles. The maximum atomic E-state index is 11.5. The van der Waals surface area contributed by atoms with Gasteiger partial charge in [0.25, 0.3) is 0 Å². The molecule has 2 aromatic rings. The standard InChI is InChI=1S/C15H21NO2S/c1-10(19(3,4)5)11-6-7-12-9-14(15(17)18-2)16-13(12)8-11/h6-10,16H,1-5H3. The SMILES string of the molecule is COC(=O)c1cc2ccc(C(C)S(C)(C)C)cc2[nH]1. The third-order valence-electron chi connectivity index (χ3n) is 3.58. The van der Waals surface area contributed by atoms with Crippen LogP contribution in [0.1, 0.15) is 28.2 Å². The third-order valence-corrected chi connectivity index (χ3v) is 5.98. The first-order valence-electron chi connectivity index (χ1n) is 6.21. The summed E-state index contributed by atoms with van der Waals surface area (Å²) in [6, 6.07) is 8.19. The molecule has 0 saturated heterocycles. The Morgan fingerprint density at radius 2 is 1.95 bits per heavy atom. The zero-order valence-electron chi connectivity index (χ0n) is 12.1. The van der Waals surface area contributed by atoms with E-state index >= 15 is 0 Å². The molecule has 3 nitrogen and oxygen atoms in total. The molecule has 19 heavy (non-hydrogen) atoms. The van der Waals surface area contributed by atoms with Crippen molar-refractivity contribution in [1.82, 2.24) is 4.98 Å². The first kappa shape index (κ1) is 14.0. The summed E-state index contributed by atoms with van der Waals surface area (Å²) < 4.78 is 4.73. The molecule has 0 spiro atoms. The van der Waals surface area contributed by atoms with Crippen molar-refractivity contribution >= 4 is 26.9 Å². The number of hydrogen-bond acceptors (Lipinski definition) is 2. The largest absolute Gasteiger partial charge is 0.464 e. The number of esters is 1. The van der Waals surface area contributed by atoms with Crippen molar-refractivity contribution in [3.05, 3.63) is 35.5 Å². The van der Waals surface area contributed by atoms with Gasteiger partial charge in [0.2, 0.25) is 0 Å². The second-order valence-electron chi connectivity index (χ2n) is 5.60. The number of H-pyrrole nitrogens is 1. The first-order chi connectivity index (χ1) is 8.82. The topological polar surface area (TPSA) is 42.1 Å². The fraction of sp³-hybridized carbons (Fsp3) is 0.400. The molecule has 0 bridgehead atoms. The lowest BCUT2D eigenvalue weighted by molar-refractivity contribution is 0.0595. The van der Waals surface area contributed by atoms with Crippen molar-refractivity contribution in [2.24, 2.45) is 0 Å². The predicted octanol–water partition coefficient (Wildman–Crippen LogP) is 3.71. The van der Waals surface area contributed by atoms with E-state index in [9.17, 15) is 4.79 Å². The zero-order valence-corrected chi connectivity index (χ0v) is 12.9. The van der Waals surface area contributed by atoms with E-state index in [1.165, 1.54) is 12.7 Å². The number of benzene rings is 1. The number of nitrogens with one attached hydrogen (secondary N) is 1. The molecule has 4 heteroatoms. The van der Waals surface area contributed by atoms with Gasteiger partial charge in [0.1, 0.15) is 5.69 Å². The molecule has 0 aliphatic heterocycles. The molecule has 0 radical (unpaired) electrons. The number of carbonyl (C=O) groups is 1. The number of ether oxygens (including phenoxy) is 1. The van der Waals surface area contributed by atoms with Crippen molar-refractivity contribution in [2.45, 2.75) is 12.2 Å². The molecule has 1 aromatic carbocycles. The van der Waals surface area contributed by atoms with Crippen LogP contribution in [0.15, 0.2) is 24.3 Å². The van der Waals surface area contributed by atoms with Crippen molar-refractivity contribution in [3.8, 4) is 0 Å². The summed E-state index contributed by atoms with van der Waals surface area (Å²) in [6.07, 6.45) is 6.95. The van der Waals surface area contributed by atoms with Crippen LogP contribution < -0.4 is 0 Å². The Labute approximate surface area is 115 Å². The Hall–Kier alpha value is -1.42. The fourth-order valence-corrected chi connectivity index (χ4v) is 2.99. The first-order valence-corrected chi connectivity index (χ1v) is 9.13. The molecule has 2 rings (SSSR count). The maximum Gasteiger partial charge on any atom is 0.354 e. The fourth-order valence-electron chi connectivity index (χ4n) is 2.03. The summed E-state index contributed by atoms with van der Waals surface area (Å²) in [5.41, 5.74) is 2.81. The number of aromatic nitrogens is 1. The molecule has 1 heterocycles. The highest BCUT2D eigenvalue weighted by Gasteiger charge is 2.18. The summed E-state index contributed by atoms with van der Waals surface area (Å²) >= 11 is 0. The number of methoxy groups -OCH3 is 1. The highest BCUT2D eigenvalue weighted by atomic mass is 32.3. The Morgan fingerprint density at radius 1 is 1.26 bits per heavy atom. The molecule has 0 aliphatic carbocycles. The Balaban J connectivity index is 2.43. The summed E-state index contributed by atoms with van der Waals surface area (Å²) in [5.74, 6) is -0.327. The van der Waals surface area contributed by atoms with Crippen LogP contribution in [-0.2, 0) is 4.74 Å². The minimum absolute atomic E-state index is 0.327. The normalized spacial score (nSPS) is 14.4. The van der Waals surface area contributed by atoms with Crippen LogP contribution in [0.5, 0.6) is 0 Å². The van der Waals surface area contributed by atoms with E-state index in [-0.39, 0.29) is 5.97 Å². The summed E-state index contributed by atoms with van der Waals surface area (Å²) in [6.45, 7) is 2.26. The van der Waals surface area contributed by atoms with Crippen LogP contribution in [-0.4, -0.2) is 36.8 Å². The Bertz CT molecular complexity index is 610. The minimum Gasteiger partial charge on any atom is -0.464 e. The second-order valence-corrected chi connectivity index (χ2v) is 10.2. The van der Waals surface area contributed by atoms with E-state index in [2.05, 4.69) is 48.9 Å². The van der Waals surface area contributed by atoms with E-state index in [4.69, 9.17) is 4.74 Å². The lowest BCUT2D eigenvalue weighted by Crippen LogP contribution is -2.03. The molecular formula is C15H21NO2S. The molecule has 0 amide bonds. The number of rotatable bonds is 3. The smallest absolute Gasteiger partial charge is 0.354 e. The molecular weight excluding hydrogens is 258 g/mol. The van der Waals surface area contributed by atoms with Crippen molar-refractivity contribution in [2.75, 3.05) is 25.9 Å². The Morgan fingerprint density at radius 3 is 2.53 bits per heavy atom. The van der Waals surface area contributed by atoms with Gasteiger partial charge in [-0.2, -0.15) is 0 Å². The van der Waals surface area contributed by atoms with Gasteiger partial charge in [-0.1, -0.05) is 19.1 Å². The van der Waals surface area contributed by atoms with Crippen LogP contribution in [0.3, 0.4) is 0 Å². The van der Waals surface area contributed by atoms with Crippen LogP contribution in [0.2, 0.25) is 0 Å². The molecule has 1 unspecified atom stereocenters. The van der Waals surface area contributed by atoms with Crippen LogP contribution >= 0.6 is 10.0 Å². The molecule has 1 atom stereocenters. The molecule has 0 aliphatic rings. The van der Waals surface area contributed by atoms with Crippen LogP contribution in [0.4, 0.5) is 0 Å². The van der Waals surface area contributed by atoms with Gasteiger partial charge in [0, 0.05) is 16.2 Å². The van der Waals surface area contributed by atoms with Crippen molar-refractivity contribution in [3.63, 3.8) is 0 Å². The number of aromatic amines is 1. The second kappa shape index (κ2) is 4.93. The number of carbonyl (C=O) groups excluding carboxylic acids is 1. The maximum absolute atomic E-state index is 11.5. The van der Waals surface area contributed by atoms with E-state index in [0.29, 0.717) is 10.9 Å². The molecule has 104 valence electrons. The van der Waals surface area contributed by atoms with Crippen molar-refractivity contribution < 1.29 is 9.53 Å². The van der Waals surface area contributed by atoms with Gasteiger partial charge in [0.05, 0.1) is 7.11 Å². The van der Waals surface area contributed by atoms with E-state index < -0.39 is 10.0 Å². The lowest BCUT2D eigenvalue weighted by Gasteiger charge is -2.33. The summed E-state index contributed by atoms with van der Waals surface area (Å²) in [4.78, 5) is 14.6. The highest BCUT2D eigenvalue weighted by molar-refractivity contribution is 8.32. The van der Waals surface area contributed by atoms with E-state index in [1.807, 2.05) is 6.07 Å². The van der Waals surface area contributed by atoms with Crippen molar-refractivity contribution in [1.29, 1.82) is 0 Å². The average molecular weight is 279 g/mol. The lowest BCUT2D eigenvalue weighted by atomic mass is 10.1. The average Bonchev–Trinajstić information content (AvgIpc) is 2.78. The molecule has 0 saturated carbocycles. The van der Waals surface area contributed by atoms with Crippen LogP contribution in [0.25, 0.3) is 10.9 Å². The van der Waals surface area contributed by atoms with Gasteiger partial charge < -0.3 is 9.72 Å². The Kier molecular flexibility index (Phi) is 3.63. The van der Waals surface area contributed by atoms with E-state index in [0.717, 1.165) is 10.9 Å². The van der Waals surface area contributed by atoms with Gasteiger partial charge in [-0.15, -0.1) is 0 Å². The third kappa shape index (κ3) is 2.78. The predicted molar refractivity (Wildman–Crippen MR) is 83.4 cm³/mol. The van der Waals surface area contributed by atoms with Gasteiger partial charge >= 0.3 is 5.97 Å². The van der Waals surface area contributed by atoms with Gasteiger partial charge in [-0.25, -0.2) is 14.8 Å². The minimum atomic E-state index is -0.644. The highest BCUT2D eigenvalue weighted by Crippen LogP contribution is 2.51. The van der Waals surface area contributed by atoms with Gasteiger partial charge in [-0.3, -0.25) is 0 Å². The number of fused-ring (bicyclic) bond motifs is 1. The zero-order chi connectivity index (χ0) is 14.2. The van der Waals surface area contributed by atoms with Crippen LogP contribution in [0, 0.1) is 0 Å². The molecule has 0 fully saturated rings. The summed E-state index contributed by atoms with van der Waals surface area (Å²) in [7, 11) is 0.749. The van der Waals surface area contributed by atoms with E-state index in [1.54, 1.807) is 0 Å².